The first-order chi connectivity index (χ1) is 13.7. The number of aromatic nitrogens is 4. The summed E-state index contributed by atoms with van der Waals surface area (Å²) < 4.78 is 12.6. The van der Waals surface area contributed by atoms with E-state index in [1.54, 1.807) is 0 Å². The van der Waals surface area contributed by atoms with Crippen molar-refractivity contribution < 1.29 is 14.3 Å². The molecular formula is C19H17N5O3S. The number of hydrogen-bond acceptors (Lipinski definition) is 6. The average molecular weight is 395 g/mol. The molecule has 2 aromatic carbocycles. The Hall–Kier alpha value is -3.20. The third kappa shape index (κ3) is 2.93. The van der Waals surface area contributed by atoms with Crippen molar-refractivity contribution in [1.82, 2.24) is 24.9 Å². The lowest BCUT2D eigenvalue weighted by Crippen LogP contribution is -2.30. The molecule has 2 aromatic heterocycles. The maximum absolute atomic E-state index is 12.6. The topological polar surface area (TPSA) is 93.5 Å². The van der Waals surface area contributed by atoms with E-state index in [0.29, 0.717) is 23.2 Å². The van der Waals surface area contributed by atoms with Crippen LogP contribution >= 0.6 is 11.8 Å². The van der Waals surface area contributed by atoms with Crippen molar-refractivity contribution >= 4 is 34.5 Å². The molecule has 8 nitrogen and oxygen atoms in total. The number of carbonyl (C=O) groups excluding carboxylic acids is 1. The summed E-state index contributed by atoms with van der Waals surface area (Å²) in [5.74, 6) is 2.04. The first-order valence-corrected chi connectivity index (χ1v) is 9.71. The zero-order valence-corrected chi connectivity index (χ0v) is 15.8. The Morgan fingerprint density at radius 3 is 3.07 bits per heavy atom. The van der Waals surface area contributed by atoms with E-state index in [-0.39, 0.29) is 18.0 Å². The summed E-state index contributed by atoms with van der Waals surface area (Å²) in [7, 11) is 0. The van der Waals surface area contributed by atoms with Gasteiger partial charge in [0.1, 0.15) is 0 Å². The second-order valence-corrected chi connectivity index (χ2v) is 7.74. The zero-order valence-electron chi connectivity index (χ0n) is 15.0. The van der Waals surface area contributed by atoms with Crippen LogP contribution in [0.2, 0.25) is 0 Å². The van der Waals surface area contributed by atoms with Crippen molar-refractivity contribution in [3.63, 3.8) is 0 Å². The number of hydrogen-bond donors (Lipinski definition) is 2. The number of rotatable bonds is 5. The van der Waals surface area contributed by atoms with Crippen LogP contribution in [0, 0.1) is 0 Å². The standard InChI is InChI=1S/C19H17N5O3S/c1-11(17(25)20-9-12-6-7-15-16(8-12)27-10-26-15)28-19-23-22-18-21-13-4-2-3-5-14(13)24(18)19/h2-8,11H,9-10H2,1H3,(H,20,25)(H,21,22). The second-order valence-electron chi connectivity index (χ2n) is 6.43. The van der Waals surface area contributed by atoms with Gasteiger partial charge in [-0.1, -0.05) is 30.0 Å². The zero-order chi connectivity index (χ0) is 19.1. The lowest BCUT2D eigenvalue weighted by molar-refractivity contribution is -0.120. The first-order valence-electron chi connectivity index (χ1n) is 8.83. The number of imidazole rings is 1. The molecule has 1 aliphatic rings. The van der Waals surface area contributed by atoms with E-state index in [1.165, 1.54) is 11.8 Å². The van der Waals surface area contributed by atoms with Crippen LogP contribution in [-0.4, -0.2) is 37.5 Å². The number of nitrogens with zero attached hydrogens (tertiary/aromatic N) is 3. The van der Waals surface area contributed by atoms with Crippen LogP contribution in [0.15, 0.2) is 47.6 Å². The molecule has 0 radical (unpaired) electrons. The Bertz CT molecular complexity index is 1180. The van der Waals surface area contributed by atoms with Gasteiger partial charge in [-0.3, -0.25) is 9.20 Å². The summed E-state index contributed by atoms with van der Waals surface area (Å²) in [6.07, 6.45) is 0. The van der Waals surface area contributed by atoms with Gasteiger partial charge >= 0.3 is 0 Å². The van der Waals surface area contributed by atoms with Crippen molar-refractivity contribution in [3.05, 3.63) is 48.0 Å². The number of H-pyrrole nitrogens is 1. The molecule has 0 bridgehead atoms. The SMILES string of the molecule is CC(Sc1n[nH]c2nc3ccccc3n12)C(=O)NCc1ccc2c(c1)OCO2. The van der Waals surface area contributed by atoms with Crippen molar-refractivity contribution in [3.8, 4) is 11.5 Å². The molecule has 1 aliphatic heterocycles. The molecule has 28 heavy (non-hydrogen) atoms. The van der Waals surface area contributed by atoms with Crippen LogP contribution < -0.4 is 14.8 Å². The van der Waals surface area contributed by atoms with Gasteiger partial charge in [-0.05, 0) is 36.8 Å². The van der Waals surface area contributed by atoms with Crippen LogP contribution in [0.25, 0.3) is 16.8 Å². The van der Waals surface area contributed by atoms with Crippen molar-refractivity contribution in [2.45, 2.75) is 23.9 Å². The summed E-state index contributed by atoms with van der Waals surface area (Å²) in [6.45, 7) is 2.52. The number of nitrogens with one attached hydrogen (secondary N) is 2. The molecule has 3 heterocycles. The Labute approximate surface area is 164 Å². The molecular weight excluding hydrogens is 378 g/mol. The average Bonchev–Trinajstić information content (AvgIpc) is 3.41. The molecule has 1 atom stereocenters. The van der Waals surface area contributed by atoms with Crippen molar-refractivity contribution in [2.24, 2.45) is 0 Å². The molecule has 0 saturated carbocycles. The van der Waals surface area contributed by atoms with Crippen molar-refractivity contribution in [2.75, 3.05) is 6.79 Å². The molecule has 0 aliphatic carbocycles. The Morgan fingerprint density at radius 1 is 1.29 bits per heavy atom. The van der Waals surface area contributed by atoms with Gasteiger partial charge in [0.2, 0.25) is 18.5 Å². The summed E-state index contributed by atoms with van der Waals surface area (Å²) in [6, 6.07) is 13.5. The van der Waals surface area contributed by atoms with Gasteiger partial charge in [-0.15, -0.1) is 5.10 Å². The Kier molecular flexibility index (Phi) is 4.09. The number of aromatic amines is 1. The fourth-order valence-corrected chi connectivity index (χ4v) is 4.01. The van der Waals surface area contributed by atoms with E-state index < -0.39 is 0 Å². The van der Waals surface area contributed by atoms with Crippen molar-refractivity contribution in [1.29, 1.82) is 0 Å². The third-order valence-corrected chi connectivity index (χ3v) is 5.61. The van der Waals surface area contributed by atoms with E-state index in [4.69, 9.17) is 9.47 Å². The molecule has 0 fully saturated rings. The van der Waals surface area contributed by atoms with Gasteiger partial charge in [-0.25, -0.2) is 10.1 Å². The minimum absolute atomic E-state index is 0.0664. The smallest absolute Gasteiger partial charge is 0.233 e. The van der Waals surface area contributed by atoms with Crippen LogP contribution in [0.1, 0.15) is 12.5 Å². The highest BCUT2D eigenvalue weighted by atomic mass is 32.2. The summed E-state index contributed by atoms with van der Waals surface area (Å²) in [4.78, 5) is 17.1. The number of carbonyl (C=O) groups is 1. The molecule has 5 rings (SSSR count). The fourth-order valence-electron chi connectivity index (χ4n) is 3.12. The van der Waals surface area contributed by atoms with Gasteiger partial charge < -0.3 is 14.8 Å². The Morgan fingerprint density at radius 2 is 2.14 bits per heavy atom. The number of amides is 1. The number of fused-ring (bicyclic) bond motifs is 4. The van der Waals surface area contributed by atoms with E-state index in [1.807, 2.05) is 53.8 Å². The minimum atomic E-state index is -0.318. The van der Waals surface area contributed by atoms with Gasteiger partial charge in [0, 0.05) is 6.54 Å². The van der Waals surface area contributed by atoms with Gasteiger partial charge in [0.25, 0.3) is 0 Å². The monoisotopic (exact) mass is 395 g/mol. The first kappa shape index (κ1) is 16.9. The van der Waals surface area contributed by atoms with Crippen LogP contribution in [0.5, 0.6) is 11.5 Å². The van der Waals surface area contributed by atoms with Crippen LogP contribution in [-0.2, 0) is 11.3 Å². The Balaban J connectivity index is 1.28. The number of para-hydroxylation sites is 2. The molecule has 142 valence electrons. The maximum Gasteiger partial charge on any atom is 0.233 e. The van der Waals surface area contributed by atoms with Gasteiger partial charge in [0.05, 0.1) is 16.3 Å². The maximum atomic E-state index is 12.6. The van der Waals surface area contributed by atoms with E-state index >= 15 is 0 Å². The highest BCUT2D eigenvalue weighted by Gasteiger charge is 2.20. The quantitative estimate of drug-likeness (QED) is 0.505. The molecule has 9 heteroatoms. The van der Waals surface area contributed by atoms with E-state index in [9.17, 15) is 4.79 Å². The van der Waals surface area contributed by atoms with Gasteiger partial charge in [0.15, 0.2) is 16.7 Å². The third-order valence-electron chi connectivity index (χ3n) is 4.56. The summed E-state index contributed by atoms with van der Waals surface area (Å²) in [5.41, 5.74) is 2.80. The predicted octanol–water partition coefficient (Wildman–Crippen LogP) is 2.74. The molecule has 2 N–H and O–H groups in total. The largest absolute Gasteiger partial charge is 0.454 e. The highest BCUT2D eigenvalue weighted by Crippen LogP contribution is 2.32. The number of ether oxygens (including phenoxy) is 2. The minimum Gasteiger partial charge on any atom is -0.454 e. The lowest BCUT2D eigenvalue weighted by Gasteiger charge is -2.11. The fraction of sp³-hybridized carbons (Fsp3) is 0.211. The predicted molar refractivity (Wildman–Crippen MR) is 105 cm³/mol. The van der Waals surface area contributed by atoms with Gasteiger partial charge in [-0.2, -0.15) is 0 Å². The molecule has 1 amide bonds. The molecule has 0 spiro atoms. The van der Waals surface area contributed by atoms with E-state index in [0.717, 1.165) is 22.3 Å². The second kappa shape index (κ2) is 6.75. The molecule has 4 aromatic rings. The number of benzene rings is 2. The number of thioether (sulfide) groups is 1. The van der Waals surface area contributed by atoms with E-state index in [2.05, 4.69) is 20.5 Å². The normalized spacial score (nSPS) is 13.9. The molecule has 1 unspecified atom stereocenters. The van der Waals surface area contributed by atoms with Crippen LogP contribution in [0.4, 0.5) is 0 Å². The summed E-state index contributed by atoms with van der Waals surface area (Å²) in [5, 5.41) is 10.6. The lowest BCUT2D eigenvalue weighted by atomic mass is 10.2. The van der Waals surface area contributed by atoms with Crippen LogP contribution in [0.3, 0.4) is 0 Å². The molecule has 0 saturated heterocycles. The highest BCUT2D eigenvalue weighted by molar-refractivity contribution is 8.00. The summed E-state index contributed by atoms with van der Waals surface area (Å²) >= 11 is 1.39.